The van der Waals surface area contributed by atoms with E-state index >= 15 is 0 Å². The van der Waals surface area contributed by atoms with Gasteiger partial charge in [0.1, 0.15) is 12.3 Å². The Balaban J connectivity index is 1.86. The van der Waals surface area contributed by atoms with Crippen LogP contribution in [0.1, 0.15) is 17.4 Å². The van der Waals surface area contributed by atoms with Crippen LogP contribution in [0.2, 0.25) is 0 Å². The number of carbonyl (C=O) groups is 2. The zero-order valence-corrected chi connectivity index (χ0v) is 20.4. The number of amides is 2. The van der Waals surface area contributed by atoms with Crippen LogP contribution in [0, 0.1) is 6.92 Å². The van der Waals surface area contributed by atoms with Gasteiger partial charge in [-0.1, -0.05) is 0 Å². The maximum absolute atomic E-state index is 13.5. The molecule has 178 valence electrons. The standard InChI is InChI=1S/C23H24N4O5S2/c1-16-12-13-33-22(16)14-24-26-23(29)15-27(19-6-8-20(32-3)9-7-19)34(30,31)21-10-4-18(5-11-21)25-17(2)28/h4-14H,15H2,1-3H3,(H,25,28)(H,26,29)/b24-14-. The van der Waals surface area contributed by atoms with Crippen LogP contribution < -0.4 is 19.8 Å². The van der Waals surface area contributed by atoms with Crippen molar-refractivity contribution in [1.82, 2.24) is 5.43 Å². The molecule has 3 aromatic rings. The predicted octanol–water partition coefficient (Wildman–Crippen LogP) is 3.37. The average Bonchev–Trinajstić information content (AvgIpc) is 3.22. The summed E-state index contributed by atoms with van der Waals surface area (Å²) in [5.74, 6) is -0.341. The van der Waals surface area contributed by atoms with Crippen LogP contribution in [0.4, 0.5) is 11.4 Å². The third kappa shape index (κ3) is 6.21. The molecule has 1 aromatic heterocycles. The summed E-state index contributed by atoms with van der Waals surface area (Å²) < 4.78 is 33.0. The molecule has 0 radical (unpaired) electrons. The third-order valence-corrected chi connectivity index (χ3v) is 7.42. The molecule has 34 heavy (non-hydrogen) atoms. The van der Waals surface area contributed by atoms with E-state index in [1.165, 1.54) is 55.9 Å². The quantitative estimate of drug-likeness (QED) is 0.345. The van der Waals surface area contributed by atoms with Crippen molar-refractivity contribution >= 4 is 50.8 Å². The number of aryl methyl sites for hydroxylation is 1. The van der Waals surface area contributed by atoms with Crippen molar-refractivity contribution in [3.63, 3.8) is 0 Å². The zero-order chi connectivity index (χ0) is 24.7. The number of hydrogen-bond donors (Lipinski definition) is 2. The molecule has 0 unspecified atom stereocenters. The van der Waals surface area contributed by atoms with E-state index in [4.69, 9.17) is 4.74 Å². The number of methoxy groups -OCH3 is 1. The first-order valence-corrected chi connectivity index (χ1v) is 12.4. The number of nitrogens with one attached hydrogen (secondary N) is 2. The Morgan fingerprint density at radius 1 is 1.09 bits per heavy atom. The number of rotatable bonds is 9. The van der Waals surface area contributed by atoms with E-state index in [1.54, 1.807) is 24.3 Å². The van der Waals surface area contributed by atoms with Crippen LogP contribution >= 0.6 is 11.3 Å². The summed E-state index contributed by atoms with van der Waals surface area (Å²) in [6.45, 7) is 2.79. The van der Waals surface area contributed by atoms with Gasteiger partial charge in [0.2, 0.25) is 5.91 Å². The summed E-state index contributed by atoms with van der Waals surface area (Å²) in [6, 6.07) is 13.9. The van der Waals surface area contributed by atoms with Gasteiger partial charge >= 0.3 is 0 Å². The van der Waals surface area contributed by atoms with Gasteiger partial charge in [0.25, 0.3) is 15.9 Å². The van der Waals surface area contributed by atoms with Crippen LogP contribution in [0.5, 0.6) is 5.75 Å². The van der Waals surface area contributed by atoms with E-state index in [0.29, 0.717) is 11.4 Å². The highest BCUT2D eigenvalue weighted by Gasteiger charge is 2.27. The van der Waals surface area contributed by atoms with Crippen molar-refractivity contribution in [2.75, 3.05) is 23.3 Å². The molecule has 0 bridgehead atoms. The summed E-state index contributed by atoms with van der Waals surface area (Å²) in [5.41, 5.74) is 4.14. The summed E-state index contributed by atoms with van der Waals surface area (Å²) >= 11 is 1.48. The van der Waals surface area contributed by atoms with Gasteiger partial charge in [-0.25, -0.2) is 13.8 Å². The normalized spacial score (nSPS) is 11.3. The van der Waals surface area contributed by atoms with E-state index in [-0.39, 0.29) is 16.5 Å². The average molecular weight is 501 g/mol. The summed E-state index contributed by atoms with van der Waals surface area (Å²) in [7, 11) is -2.62. The van der Waals surface area contributed by atoms with Crippen molar-refractivity contribution in [2.24, 2.45) is 5.10 Å². The smallest absolute Gasteiger partial charge is 0.264 e. The highest BCUT2D eigenvalue weighted by Crippen LogP contribution is 2.26. The first-order chi connectivity index (χ1) is 16.2. The summed E-state index contributed by atoms with van der Waals surface area (Å²) in [5, 5.41) is 8.44. The number of carbonyl (C=O) groups excluding carboxylic acids is 2. The lowest BCUT2D eigenvalue weighted by Gasteiger charge is -2.24. The number of nitrogens with zero attached hydrogens (tertiary/aromatic N) is 2. The van der Waals surface area contributed by atoms with Crippen LogP contribution in [0.15, 0.2) is 70.0 Å². The number of hydrogen-bond acceptors (Lipinski definition) is 7. The molecule has 1 heterocycles. The molecule has 2 N–H and O–H groups in total. The van der Waals surface area contributed by atoms with Gasteiger partial charge in [0.15, 0.2) is 0 Å². The molecule has 2 aromatic carbocycles. The van der Waals surface area contributed by atoms with Gasteiger partial charge in [-0.15, -0.1) is 11.3 Å². The Hall–Kier alpha value is -3.70. The van der Waals surface area contributed by atoms with Crippen molar-refractivity contribution in [2.45, 2.75) is 18.7 Å². The van der Waals surface area contributed by atoms with E-state index < -0.39 is 22.5 Å². The van der Waals surface area contributed by atoms with Crippen molar-refractivity contribution in [3.8, 4) is 5.75 Å². The number of thiophene rings is 1. The Labute approximate surface area is 202 Å². The van der Waals surface area contributed by atoms with Crippen LogP contribution in [-0.2, 0) is 19.6 Å². The van der Waals surface area contributed by atoms with E-state index in [9.17, 15) is 18.0 Å². The lowest BCUT2D eigenvalue weighted by Crippen LogP contribution is -2.39. The Morgan fingerprint density at radius 2 is 1.76 bits per heavy atom. The molecule has 0 saturated heterocycles. The van der Waals surface area contributed by atoms with Gasteiger partial charge in [-0.3, -0.25) is 13.9 Å². The number of ether oxygens (including phenoxy) is 1. The Kier molecular flexibility index (Phi) is 8.03. The van der Waals surface area contributed by atoms with Crippen LogP contribution in [0.3, 0.4) is 0 Å². The molecule has 0 aliphatic carbocycles. The molecule has 2 amide bonds. The first kappa shape index (κ1) is 24.9. The number of anilines is 2. The maximum atomic E-state index is 13.5. The fraction of sp³-hybridized carbons (Fsp3) is 0.174. The Bertz CT molecular complexity index is 1280. The topological polar surface area (TPSA) is 117 Å². The van der Waals surface area contributed by atoms with E-state index in [2.05, 4.69) is 15.8 Å². The lowest BCUT2D eigenvalue weighted by atomic mass is 10.3. The van der Waals surface area contributed by atoms with E-state index in [1.807, 2.05) is 18.4 Å². The van der Waals surface area contributed by atoms with E-state index in [0.717, 1.165) is 14.7 Å². The SMILES string of the molecule is COc1ccc(N(CC(=O)N/N=C\c2sccc2C)S(=O)(=O)c2ccc(NC(C)=O)cc2)cc1. The minimum Gasteiger partial charge on any atom is -0.497 e. The molecule has 0 aliphatic heterocycles. The predicted molar refractivity (Wildman–Crippen MR) is 133 cm³/mol. The largest absolute Gasteiger partial charge is 0.497 e. The van der Waals surface area contributed by atoms with Gasteiger partial charge < -0.3 is 10.1 Å². The molecule has 3 rings (SSSR count). The highest BCUT2D eigenvalue weighted by molar-refractivity contribution is 7.92. The second-order valence-electron chi connectivity index (χ2n) is 7.18. The summed E-state index contributed by atoms with van der Waals surface area (Å²) in [6.07, 6.45) is 1.52. The highest BCUT2D eigenvalue weighted by atomic mass is 32.2. The fourth-order valence-corrected chi connectivity index (χ4v) is 5.16. The lowest BCUT2D eigenvalue weighted by molar-refractivity contribution is -0.119. The van der Waals surface area contributed by atoms with Crippen molar-refractivity contribution in [1.29, 1.82) is 0 Å². The third-order valence-electron chi connectivity index (χ3n) is 4.68. The van der Waals surface area contributed by atoms with Crippen LogP contribution in [0.25, 0.3) is 0 Å². The Morgan fingerprint density at radius 3 is 2.32 bits per heavy atom. The molecule has 11 heteroatoms. The monoisotopic (exact) mass is 500 g/mol. The molecular formula is C23H24N4O5S2. The first-order valence-electron chi connectivity index (χ1n) is 10.1. The molecule has 0 spiro atoms. The minimum atomic E-state index is -4.12. The van der Waals surface area contributed by atoms with Gasteiger partial charge in [-0.05, 0) is 72.5 Å². The van der Waals surface area contributed by atoms with Gasteiger partial charge in [0.05, 0.1) is 23.9 Å². The second kappa shape index (κ2) is 10.9. The van der Waals surface area contributed by atoms with Crippen LogP contribution in [-0.4, -0.2) is 40.1 Å². The van der Waals surface area contributed by atoms with Gasteiger partial charge in [0, 0.05) is 17.5 Å². The van der Waals surface area contributed by atoms with Crippen molar-refractivity contribution < 1.29 is 22.7 Å². The fourth-order valence-electron chi connectivity index (χ4n) is 2.95. The maximum Gasteiger partial charge on any atom is 0.264 e. The number of hydrazone groups is 1. The molecule has 9 nitrogen and oxygen atoms in total. The van der Waals surface area contributed by atoms with Gasteiger partial charge in [-0.2, -0.15) is 5.10 Å². The van der Waals surface area contributed by atoms with Crippen molar-refractivity contribution in [3.05, 3.63) is 70.4 Å². The second-order valence-corrected chi connectivity index (χ2v) is 9.99. The zero-order valence-electron chi connectivity index (χ0n) is 18.8. The number of benzene rings is 2. The molecular weight excluding hydrogens is 476 g/mol. The molecule has 0 aliphatic rings. The number of sulfonamides is 1. The molecule has 0 saturated carbocycles. The minimum absolute atomic E-state index is 0.0390. The molecule has 0 fully saturated rings. The summed E-state index contributed by atoms with van der Waals surface area (Å²) in [4.78, 5) is 24.7. The molecule has 0 atom stereocenters.